The number of fused-ring (bicyclic) bond motifs is 2. The highest BCUT2D eigenvalue weighted by Crippen LogP contribution is 2.33. The SMILES string of the molecule is C=CC(=O)N1CCN2C[C@@H](Nc3ncc(Cl)c(-c4c[nH]c5ccccc45)n3)C[C@H]2C1. The summed E-state index contributed by atoms with van der Waals surface area (Å²) in [6.45, 7) is 6.88. The van der Waals surface area contributed by atoms with E-state index in [1.165, 1.54) is 6.08 Å². The van der Waals surface area contributed by atoms with Gasteiger partial charge in [-0.15, -0.1) is 0 Å². The lowest BCUT2D eigenvalue weighted by Crippen LogP contribution is -2.51. The van der Waals surface area contributed by atoms with Gasteiger partial charge in [0.2, 0.25) is 11.9 Å². The molecule has 8 heteroatoms. The molecule has 0 aliphatic carbocycles. The molecule has 4 heterocycles. The van der Waals surface area contributed by atoms with Crippen molar-refractivity contribution < 1.29 is 4.79 Å². The van der Waals surface area contributed by atoms with Gasteiger partial charge in [-0.05, 0) is 18.6 Å². The summed E-state index contributed by atoms with van der Waals surface area (Å²) in [6.07, 6.45) is 5.92. The highest BCUT2D eigenvalue weighted by atomic mass is 35.5. The van der Waals surface area contributed by atoms with Crippen LogP contribution in [0.5, 0.6) is 0 Å². The zero-order valence-electron chi connectivity index (χ0n) is 16.5. The fraction of sp³-hybridized carbons (Fsp3) is 0.318. The summed E-state index contributed by atoms with van der Waals surface area (Å²) in [5, 5.41) is 5.08. The maximum atomic E-state index is 11.9. The molecule has 2 atom stereocenters. The van der Waals surface area contributed by atoms with Crippen molar-refractivity contribution >= 4 is 34.4 Å². The number of hydrogen-bond donors (Lipinski definition) is 2. The highest BCUT2D eigenvalue weighted by molar-refractivity contribution is 6.33. The molecule has 0 spiro atoms. The number of piperazine rings is 1. The number of carbonyl (C=O) groups excluding carboxylic acids is 1. The number of benzene rings is 1. The van der Waals surface area contributed by atoms with Crippen LogP contribution in [0.2, 0.25) is 5.02 Å². The van der Waals surface area contributed by atoms with E-state index in [2.05, 4.69) is 32.8 Å². The molecule has 0 saturated carbocycles. The first-order valence-corrected chi connectivity index (χ1v) is 10.5. The third kappa shape index (κ3) is 3.44. The average Bonchev–Trinajstić information content (AvgIpc) is 3.37. The second kappa shape index (κ2) is 7.74. The fourth-order valence-electron chi connectivity index (χ4n) is 4.55. The Morgan fingerprint density at radius 1 is 1.30 bits per heavy atom. The first kappa shape index (κ1) is 19.1. The number of rotatable bonds is 4. The molecule has 30 heavy (non-hydrogen) atoms. The topological polar surface area (TPSA) is 77.2 Å². The summed E-state index contributed by atoms with van der Waals surface area (Å²) in [6, 6.07) is 8.66. The second-order valence-electron chi connectivity index (χ2n) is 7.85. The van der Waals surface area contributed by atoms with E-state index in [0.29, 0.717) is 22.7 Å². The second-order valence-corrected chi connectivity index (χ2v) is 8.26. The maximum Gasteiger partial charge on any atom is 0.246 e. The summed E-state index contributed by atoms with van der Waals surface area (Å²) >= 11 is 6.44. The minimum Gasteiger partial charge on any atom is -0.360 e. The summed E-state index contributed by atoms with van der Waals surface area (Å²) in [7, 11) is 0. The lowest BCUT2D eigenvalue weighted by Gasteiger charge is -2.36. The van der Waals surface area contributed by atoms with Gasteiger partial charge in [-0.25, -0.2) is 9.97 Å². The monoisotopic (exact) mass is 422 g/mol. The zero-order valence-corrected chi connectivity index (χ0v) is 17.3. The third-order valence-electron chi connectivity index (χ3n) is 6.02. The van der Waals surface area contributed by atoms with Crippen LogP contribution in [0.1, 0.15) is 6.42 Å². The minimum absolute atomic E-state index is 0.00969. The smallest absolute Gasteiger partial charge is 0.246 e. The number of halogens is 1. The molecule has 2 aliphatic heterocycles. The molecule has 154 valence electrons. The van der Waals surface area contributed by atoms with Crippen LogP contribution in [-0.2, 0) is 4.79 Å². The van der Waals surface area contributed by atoms with Gasteiger partial charge in [0.15, 0.2) is 0 Å². The van der Waals surface area contributed by atoms with Gasteiger partial charge in [0.1, 0.15) is 0 Å². The fourth-order valence-corrected chi connectivity index (χ4v) is 4.75. The van der Waals surface area contributed by atoms with Crippen molar-refractivity contribution in [2.45, 2.75) is 18.5 Å². The predicted octanol–water partition coefficient (Wildman–Crippen LogP) is 3.16. The molecule has 2 aromatic heterocycles. The van der Waals surface area contributed by atoms with E-state index in [9.17, 15) is 4.79 Å². The van der Waals surface area contributed by atoms with E-state index >= 15 is 0 Å². The number of anilines is 1. The molecule has 5 rings (SSSR count). The summed E-state index contributed by atoms with van der Waals surface area (Å²) in [5.41, 5.74) is 2.72. The van der Waals surface area contributed by atoms with Gasteiger partial charge in [0, 0.05) is 60.9 Å². The van der Waals surface area contributed by atoms with E-state index in [0.717, 1.165) is 49.1 Å². The zero-order chi connectivity index (χ0) is 20.7. The Balaban J connectivity index is 1.34. The molecule has 0 bridgehead atoms. The van der Waals surface area contributed by atoms with E-state index in [4.69, 9.17) is 16.6 Å². The predicted molar refractivity (Wildman–Crippen MR) is 119 cm³/mol. The number of nitrogens with one attached hydrogen (secondary N) is 2. The Bertz CT molecular complexity index is 1110. The lowest BCUT2D eigenvalue weighted by molar-refractivity contribution is -0.128. The normalized spacial score (nSPS) is 21.6. The Hall–Kier alpha value is -2.90. The van der Waals surface area contributed by atoms with Gasteiger partial charge in [-0.1, -0.05) is 36.4 Å². The number of carbonyl (C=O) groups is 1. The van der Waals surface area contributed by atoms with Crippen LogP contribution in [0.15, 0.2) is 49.3 Å². The van der Waals surface area contributed by atoms with Crippen molar-refractivity contribution in [3.8, 4) is 11.3 Å². The van der Waals surface area contributed by atoms with E-state index in [1.807, 2.05) is 29.3 Å². The van der Waals surface area contributed by atoms with Gasteiger partial charge < -0.3 is 15.2 Å². The maximum absolute atomic E-state index is 11.9. The summed E-state index contributed by atoms with van der Waals surface area (Å²) in [5.74, 6) is 0.582. The molecule has 0 unspecified atom stereocenters. The average molecular weight is 423 g/mol. The van der Waals surface area contributed by atoms with Crippen molar-refractivity contribution in [3.05, 3.63) is 54.3 Å². The van der Waals surface area contributed by atoms with Gasteiger partial charge in [0.05, 0.1) is 16.9 Å². The molecule has 1 amide bonds. The molecule has 2 aliphatic rings. The lowest BCUT2D eigenvalue weighted by atomic mass is 10.1. The Labute approximate surface area is 179 Å². The van der Waals surface area contributed by atoms with Crippen LogP contribution in [0, 0.1) is 0 Å². The molecular weight excluding hydrogens is 400 g/mol. The molecule has 3 aromatic rings. The van der Waals surface area contributed by atoms with Gasteiger partial charge in [-0.3, -0.25) is 9.69 Å². The van der Waals surface area contributed by atoms with Crippen LogP contribution in [0.4, 0.5) is 5.95 Å². The van der Waals surface area contributed by atoms with Crippen LogP contribution in [0.25, 0.3) is 22.2 Å². The molecule has 2 fully saturated rings. The number of para-hydroxylation sites is 1. The number of aromatic nitrogens is 3. The number of hydrogen-bond acceptors (Lipinski definition) is 5. The molecule has 7 nitrogen and oxygen atoms in total. The van der Waals surface area contributed by atoms with Crippen LogP contribution < -0.4 is 5.32 Å². The summed E-state index contributed by atoms with van der Waals surface area (Å²) < 4.78 is 0. The standard InChI is InChI=1S/C22H23ClN6O/c1-2-20(30)29-8-7-28-12-14(9-15(28)13-29)26-22-25-11-18(23)21(27-22)17-10-24-19-6-4-3-5-16(17)19/h2-6,10-11,14-15,24H,1,7-9,12-13H2,(H,25,26,27)/t14-,15-/m0/s1. The van der Waals surface area contributed by atoms with Gasteiger partial charge in [0.25, 0.3) is 0 Å². The van der Waals surface area contributed by atoms with Crippen molar-refractivity contribution in [3.63, 3.8) is 0 Å². The van der Waals surface area contributed by atoms with E-state index in [-0.39, 0.29) is 11.9 Å². The van der Waals surface area contributed by atoms with E-state index < -0.39 is 0 Å². The molecule has 2 saturated heterocycles. The Morgan fingerprint density at radius 3 is 3.03 bits per heavy atom. The molecule has 1 aromatic carbocycles. The van der Waals surface area contributed by atoms with Crippen LogP contribution >= 0.6 is 11.6 Å². The Kier molecular flexibility index (Phi) is 4.92. The molecule has 2 N–H and O–H groups in total. The number of nitrogens with zero attached hydrogens (tertiary/aromatic N) is 4. The summed E-state index contributed by atoms with van der Waals surface area (Å²) in [4.78, 5) is 28.7. The Morgan fingerprint density at radius 2 is 2.17 bits per heavy atom. The van der Waals surface area contributed by atoms with Crippen LogP contribution in [0.3, 0.4) is 0 Å². The quantitative estimate of drug-likeness (QED) is 0.631. The molecule has 0 radical (unpaired) electrons. The van der Waals surface area contributed by atoms with Gasteiger partial charge in [-0.2, -0.15) is 0 Å². The van der Waals surface area contributed by atoms with E-state index in [1.54, 1.807) is 6.20 Å². The van der Waals surface area contributed by atoms with Crippen LogP contribution in [-0.4, -0.2) is 68.9 Å². The molecular formula is C22H23ClN6O. The minimum atomic E-state index is 0.00969. The third-order valence-corrected chi connectivity index (χ3v) is 6.30. The number of aromatic amines is 1. The first-order chi connectivity index (χ1) is 14.6. The van der Waals surface area contributed by atoms with Crippen molar-refractivity contribution in [1.29, 1.82) is 0 Å². The number of amides is 1. The van der Waals surface area contributed by atoms with Crippen molar-refractivity contribution in [1.82, 2.24) is 24.8 Å². The van der Waals surface area contributed by atoms with Crippen molar-refractivity contribution in [2.24, 2.45) is 0 Å². The van der Waals surface area contributed by atoms with Crippen molar-refractivity contribution in [2.75, 3.05) is 31.5 Å². The first-order valence-electron chi connectivity index (χ1n) is 10.1. The highest BCUT2D eigenvalue weighted by Gasteiger charge is 2.37. The van der Waals surface area contributed by atoms with Gasteiger partial charge >= 0.3 is 0 Å². The largest absolute Gasteiger partial charge is 0.360 e. The number of H-pyrrole nitrogens is 1.